The highest BCUT2D eigenvalue weighted by Gasteiger charge is 2.20. The van der Waals surface area contributed by atoms with Crippen molar-refractivity contribution >= 4 is 36.4 Å². The van der Waals surface area contributed by atoms with Crippen molar-refractivity contribution in [1.82, 2.24) is 10.2 Å². The molecule has 0 bridgehead atoms. The second kappa shape index (κ2) is 12.4. The Kier molecular flexibility index (Phi) is 9.62. The third kappa shape index (κ3) is 6.19. The highest BCUT2D eigenvalue weighted by molar-refractivity contribution is 5.95. The van der Waals surface area contributed by atoms with Crippen molar-refractivity contribution in [3.8, 4) is 11.1 Å². The molecule has 1 saturated heterocycles. The lowest BCUT2D eigenvalue weighted by Gasteiger charge is -2.36. The van der Waals surface area contributed by atoms with Crippen LogP contribution in [0.5, 0.6) is 0 Å². The van der Waals surface area contributed by atoms with Crippen LogP contribution in [0.3, 0.4) is 0 Å². The molecule has 0 unspecified atom stereocenters. The molecule has 3 aromatic rings. The molecule has 5 rings (SSSR count). The third-order valence-corrected chi connectivity index (χ3v) is 7.07. The highest BCUT2D eigenvalue weighted by atomic mass is 35.5. The van der Waals surface area contributed by atoms with Crippen molar-refractivity contribution in [3.63, 3.8) is 0 Å². The fraction of sp³-hybridized carbons (Fsp3) is 0.345. The minimum Gasteiger partial charge on any atom is -0.369 e. The Balaban J connectivity index is 0.00000171. The van der Waals surface area contributed by atoms with E-state index in [1.807, 2.05) is 6.07 Å². The van der Waals surface area contributed by atoms with Gasteiger partial charge in [-0.05, 0) is 78.7 Å². The molecule has 1 heterocycles. The van der Waals surface area contributed by atoms with Crippen LogP contribution in [0.2, 0.25) is 0 Å². The van der Waals surface area contributed by atoms with E-state index in [9.17, 15) is 4.79 Å². The number of halogens is 2. The van der Waals surface area contributed by atoms with Crippen molar-refractivity contribution in [2.75, 3.05) is 44.2 Å². The lowest BCUT2D eigenvalue weighted by Crippen LogP contribution is -2.46. The fourth-order valence-corrected chi connectivity index (χ4v) is 5.18. The van der Waals surface area contributed by atoms with Crippen LogP contribution in [0.15, 0.2) is 66.7 Å². The normalized spacial score (nSPS) is 14.4. The van der Waals surface area contributed by atoms with Gasteiger partial charge in [0.25, 0.3) is 5.91 Å². The number of amides is 1. The molecular formula is C29H35Cl2N3O. The number of benzene rings is 3. The van der Waals surface area contributed by atoms with Gasteiger partial charge in [0.2, 0.25) is 0 Å². The minimum absolute atomic E-state index is 0. The van der Waals surface area contributed by atoms with E-state index < -0.39 is 0 Å². The summed E-state index contributed by atoms with van der Waals surface area (Å²) in [6.45, 7) is 8.43. The van der Waals surface area contributed by atoms with Gasteiger partial charge < -0.3 is 10.2 Å². The smallest absolute Gasteiger partial charge is 0.251 e. The molecule has 0 saturated carbocycles. The maximum absolute atomic E-state index is 12.7. The van der Waals surface area contributed by atoms with Crippen molar-refractivity contribution < 1.29 is 4.79 Å². The van der Waals surface area contributed by atoms with Crippen LogP contribution in [0, 0.1) is 6.92 Å². The number of nitrogens with zero attached hydrogens (tertiary/aromatic N) is 2. The number of anilines is 1. The number of nitrogens with one attached hydrogen (secondary N) is 1. The molecule has 1 fully saturated rings. The lowest BCUT2D eigenvalue weighted by molar-refractivity contribution is 0.0952. The average molecular weight is 513 g/mol. The number of carbonyl (C=O) groups is 1. The SMILES string of the molecule is Cc1ccccc1N1CCN(CCCCNC(=O)c2ccc3c(c2)Cc2ccccc2-3)CC1.Cl.Cl. The fourth-order valence-electron chi connectivity index (χ4n) is 5.18. The summed E-state index contributed by atoms with van der Waals surface area (Å²) < 4.78 is 0. The molecule has 0 atom stereocenters. The van der Waals surface area contributed by atoms with E-state index in [1.165, 1.54) is 33.5 Å². The molecule has 1 aliphatic heterocycles. The zero-order valence-corrected chi connectivity index (χ0v) is 22.0. The standard InChI is InChI=1S/C29H33N3O.2ClH/c1-22-8-2-5-11-28(22)32-18-16-31(17-19-32)15-7-6-14-30-29(33)24-12-13-27-25(21-24)20-23-9-3-4-10-26(23)27;;/h2-5,8-13,21H,6-7,14-20H2,1H3,(H,30,33);2*1H. The van der Waals surface area contributed by atoms with Gasteiger partial charge in [-0.3, -0.25) is 9.69 Å². The average Bonchev–Trinajstić information content (AvgIpc) is 3.22. The first kappa shape index (κ1) is 27.1. The topological polar surface area (TPSA) is 35.6 Å². The Labute approximate surface area is 221 Å². The molecule has 0 spiro atoms. The minimum atomic E-state index is 0. The molecular weight excluding hydrogens is 477 g/mol. The number of fused-ring (bicyclic) bond motifs is 3. The van der Waals surface area contributed by atoms with Crippen LogP contribution >= 0.6 is 24.8 Å². The molecule has 1 N–H and O–H groups in total. The number of para-hydroxylation sites is 1. The van der Waals surface area contributed by atoms with Crippen molar-refractivity contribution in [1.29, 1.82) is 0 Å². The number of unbranched alkanes of at least 4 members (excludes halogenated alkanes) is 1. The Bertz CT molecular complexity index is 1140. The number of rotatable bonds is 7. The van der Waals surface area contributed by atoms with Crippen LogP contribution in [0.1, 0.15) is 39.9 Å². The maximum Gasteiger partial charge on any atom is 0.251 e. The lowest BCUT2D eigenvalue weighted by atomic mass is 10.0. The van der Waals surface area contributed by atoms with E-state index >= 15 is 0 Å². The first-order chi connectivity index (χ1) is 16.2. The van der Waals surface area contributed by atoms with Gasteiger partial charge in [0.1, 0.15) is 0 Å². The molecule has 1 aliphatic carbocycles. The van der Waals surface area contributed by atoms with Gasteiger partial charge in [-0.2, -0.15) is 0 Å². The first-order valence-corrected chi connectivity index (χ1v) is 12.2. The van der Waals surface area contributed by atoms with Gasteiger partial charge >= 0.3 is 0 Å². The summed E-state index contributed by atoms with van der Waals surface area (Å²) in [4.78, 5) is 17.7. The summed E-state index contributed by atoms with van der Waals surface area (Å²) in [5.74, 6) is 0.0422. The van der Waals surface area contributed by atoms with Crippen LogP contribution in [-0.4, -0.2) is 50.1 Å². The van der Waals surface area contributed by atoms with Gasteiger partial charge in [0, 0.05) is 44.0 Å². The molecule has 3 aromatic carbocycles. The number of piperazine rings is 1. The number of aryl methyl sites for hydroxylation is 1. The largest absolute Gasteiger partial charge is 0.369 e. The van der Waals surface area contributed by atoms with Crippen LogP contribution in [-0.2, 0) is 6.42 Å². The molecule has 0 radical (unpaired) electrons. The van der Waals surface area contributed by atoms with E-state index in [2.05, 4.69) is 82.7 Å². The van der Waals surface area contributed by atoms with Gasteiger partial charge in [0.05, 0.1) is 0 Å². The predicted octanol–water partition coefficient (Wildman–Crippen LogP) is 5.74. The van der Waals surface area contributed by atoms with Gasteiger partial charge in [-0.1, -0.05) is 48.5 Å². The molecule has 186 valence electrons. The van der Waals surface area contributed by atoms with Crippen LogP contribution in [0.4, 0.5) is 5.69 Å². The first-order valence-electron chi connectivity index (χ1n) is 12.2. The molecule has 6 heteroatoms. The summed E-state index contributed by atoms with van der Waals surface area (Å²) in [6.07, 6.45) is 3.05. The van der Waals surface area contributed by atoms with Crippen molar-refractivity contribution in [3.05, 3.63) is 89.0 Å². The molecule has 35 heavy (non-hydrogen) atoms. The van der Waals surface area contributed by atoms with Crippen LogP contribution < -0.4 is 10.2 Å². The van der Waals surface area contributed by atoms with E-state index in [0.717, 1.165) is 64.1 Å². The Hall–Kier alpha value is -2.53. The highest BCUT2D eigenvalue weighted by Crippen LogP contribution is 2.36. The molecule has 2 aliphatic rings. The van der Waals surface area contributed by atoms with Gasteiger partial charge in [-0.15, -0.1) is 24.8 Å². The van der Waals surface area contributed by atoms with Gasteiger partial charge in [-0.25, -0.2) is 0 Å². The summed E-state index contributed by atoms with van der Waals surface area (Å²) in [6, 6.07) is 23.3. The quantitative estimate of drug-likeness (QED) is 0.321. The summed E-state index contributed by atoms with van der Waals surface area (Å²) in [5, 5.41) is 3.12. The Morgan fingerprint density at radius 2 is 1.54 bits per heavy atom. The predicted molar refractivity (Wildman–Crippen MR) is 151 cm³/mol. The Morgan fingerprint density at radius 1 is 0.829 bits per heavy atom. The zero-order chi connectivity index (χ0) is 22.6. The monoisotopic (exact) mass is 511 g/mol. The van der Waals surface area contributed by atoms with Crippen molar-refractivity contribution in [2.24, 2.45) is 0 Å². The third-order valence-electron chi connectivity index (χ3n) is 7.07. The maximum atomic E-state index is 12.7. The number of hydrogen-bond acceptors (Lipinski definition) is 3. The van der Waals surface area contributed by atoms with E-state index in [0.29, 0.717) is 0 Å². The van der Waals surface area contributed by atoms with E-state index in [-0.39, 0.29) is 30.7 Å². The Morgan fingerprint density at radius 3 is 2.34 bits per heavy atom. The van der Waals surface area contributed by atoms with Crippen LogP contribution in [0.25, 0.3) is 11.1 Å². The van der Waals surface area contributed by atoms with E-state index in [4.69, 9.17) is 0 Å². The number of carbonyl (C=O) groups excluding carboxylic acids is 1. The van der Waals surface area contributed by atoms with Crippen molar-refractivity contribution in [2.45, 2.75) is 26.2 Å². The summed E-state index contributed by atoms with van der Waals surface area (Å²) in [5.41, 5.74) is 8.68. The molecule has 0 aromatic heterocycles. The van der Waals surface area contributed by atoms with E-state index in [1.54, 1.807) is 0 Å². The molecule has 1 amide bonds. The molecule has 4 nitrogen and oxygen atoms in total. The zero-order valence-electron chi connectivity index (χ0n) is 20.3. The second-order valence-corrected chi connectivity index (χ2v) is 9.28. The summed E-state index contributed by atoms with van der Waals surface area (Å²) in [7, 11) is 0. The number of hydrogen-bond donors (Lipinski definition) is 1. The second-order valence-electron chi connectivity index (χ2n) is 9.28. The summed E-state index contributed by atoms with van der Waals surface area (Å²) >= 11 is 0. The van der Waals surface area contributed by atoms with Gasteiger partial charge in [0.15, 0.2) is 0 Å².